The minimum atomic E-state index is 0.280. The van der Waals surface area contributed by atoms with Gasteiger partial charge in [-0.05, 0) is 64.5 Å². The lowest BCUT2D eigenvalue weighted by Crippen LogP contribution is -2.37. The van der Waals surface area contributed by atoms with Gasteiger partial charge in [0.25, 0.3) is 0 Å². The Morgan fingerprint density at radius 2 is 1.87 bits per heavy atom. The highest BCUT2D eigenvalue weighted by molar-refractivity contribution is 5.60. The SMILES string of the molecule is Cc1nc(-c2ccc(O[C@H]3CCN(C)C3)cc2)nc(NCCCN2CCOCC2)c1C. The third-order valence-corrected chi connectivity index (χ3v) is 6.20. The van der Waals surface area contributed by atoms with Crippen molar-refractivity contribution in [3.8, 4) is 17.1 Å². The minimum absolute atomic E-state index is 0.280. The smallest absolute Gasteiger partial charge is 0.161 e. The van der Waals surface area contributed by atoms with E-state index in [2.05, 4.69) is 41.2 Å². The molecular formula is C24H35N5O2. The molecule has 2 saturated heterocycles. The highest BCUT2D eigenvalue weighted by Gasteiger charge is 2.21. The monoisotopic (exact) mass is 425 g/mol. The van der Waals surface area contributed by atoms with Crippen LogP contribution in [0, 0.1) is 13.8 Å². The first-order valence-electron chi connectivity index (χ1n) is 11.4. The van der Waals surface area contributed by atoms with E-state index in [0.29, 0.717) is 0 Å². The molecule has 0 amide bonds. The Morgan fingerprint density at radius 3 is 2.58 bits per heavy atom. The molecule has 2 fully saturated rings. The number of nitrogens with zero attached hydrogens (tertiary/aromatic N) is 4. The first-order chi connectivity index (χ1) is 15.1. The van der Waals surface area contributed by atoms with Gasteiger partial charge in [0.05, 0.1) is 13.2 Å². The van der Waals surface area contributed by atoms with E-state index in [9.17, 15) is 0 Å². The van der Waals surface area contributed by atoms with Gasteiger partial charge in [-0.2, -0.15) is 0 Å². The lowest BCUT2D eigenvalue weighted by molar-refractivity contribution is 0.0378. The van der Waals surface area contributed by atoms with Crippen molar-refractivity contribution in [3.63, 3.8) is 0 Å². The topological polar surface area (TPSA) is 62.8 Å². The second-order valence-corrected chi connectivity index (χ2v) is 8.66. The highest BCUT2D eigenvalue weighted by atomic mass is 16.5. The maximum Gasteiger partial charge on any atom is 0.161 e. The van der Waals surface area contributed by atoms with Gasteiger partial charge in [0.1, 0.15) is 17.7 Å². The molecule has 0 bridgehead atoms. The number of aromatic nitrogens is 2. The van der Waals surface area contributed by atoms with Gasteiger partial charge in [0, 0.05) is 49.5 Å². The summed E-state index contributed by atoms with van der Waals surface area (Å²) in [4.78, 5) is 14.3. The van der Waals surface area contributed by atoms with Gasteiger partial charge in [0.15, 0.2) is 5.82 Å². The molecule has 0 spiro atoms. The summed E-state index contributed by atoms with van der Waals surface area (Å²) in [6.07, 6.45) is 2.45. The summed E-state index contributed by atoms with van der Waals surface area (Å²) in [7, 11) is 2.14. The minimum Gasteiger partial charge on any atom is -0.489 e. The van der Waals surface area contributed by atoms with Crippen LogP contribution < -0.4 is 10.1 Å². The second kappa shape index (κ2) is 10.4. The summed E-state index contributed by atoms with van der Waals surface area (Å²) in [5.41, 5.74) is 3.13. The van der Waals surface area contributed by atoms with Gasteiger partial charge in [-0.15, -0.1) is 0 Å². The number of likely N-dealkylation sites (tertiary alicyclic amines) is 1. The van der Waals surface area contributed by atoms with Crippen molar-refractivity contribution in [1.29, 1.82) is 0 Å². The maximum absolute atomic E-state index is 6.11. The van der Waals surface area contributed by atoms with Gasteiger partial charge < -0.3 is 19.7 Å². The van der Waals surface area contributed by atoms with E-state index in [-0.39, 0.29) is 6.10 Å². The number of ether oxygens (including phenoxy) is 2. The molecule has 0 radical (unpaired) electrons. The molecule has 2 aliphatic heterocycles. The van der Waals surface area contributed by atoms with Crippen LogP contribution in [0.15, 0.2) is 24.3 Å². The Balaban J connectivity index is 1.36. The van der Waals surface area contributed by atoms with Crippen molar-refractivity contribution in [2.45, 2.75) is 32.8 Å². The summed E-state index contributed by atoms with van der Waals surface area (Å²) in [6, 6.07) is 8.17. The standard InChI is InChI=1S/C24H35N5O2/c1-18-19(2)26-24(27-23(18)25-10-4-11-29-13-15-30-16-14-29)20-5-7-21(8-6-20)31-22-9-12-28(3)17-22/h5-8,22H,4,9-17H2,1-3H3,(H,25,26,27)/t22-/m0/s1. The van der Waals surface area contributed by atoms with Crippen LogP contribution in [0.4, 0.5) is 5.82 Å². The van der Waals surface area contributed by atoms with Crippen molar-refractivity contribution in [3.05, 3.63) is 35.5 Å². The Labute approximate surface area is 185 Å². The highest BCUT2D eigenvalue weighted by Crippen LogP contribution is 2.25. The van der Waals surface area contributed by atoms with Crippen LogP contribution in [0.1, 0.15) is 24.1 Å². The number of hydrogen-bond donors (Lipinski definition) is 1. The molecule has 4 rings (SSSR count). The van der Waals surface area contributed by atoms with Crippen LogP contribution in [0.3, 0.4) is 0 Å². The third kappa shape index (κ3) is 5.93. The summed E-state index contributed by atoms with van der Waals surface area (Å²) < 4.78 is 11.5. The molecule has 0 unspecified atom stereocenters. The van der Waals surface area contributed by atoms with Gasteiger partial charge in [-0.25, -0.2) is 9.97 Å². The molecule has 3 heterocycles. The van der Waals surface area contributed by atoms with Crippen LogP contribution in [0.5, 0.6) is 5.75 Å². The van der Waals surface area contributed by atoms with Crippen molar-refractivity contribution < 1.29 is 9.47 Å². The Morgan fingerprint density at radius 1 is 1.10 bits per heavy atom. The molecule has 31 heavy (non-hydrogen) atoms. The number of rotatable bonds is 8. The van der Waals surface area contributed by atoms with Crippen molar-refractivity contribution in [2.75, 3.05) is 64.8 Å². The summed E-state index contributed by atoms with van der Waals surface area (Å²) >= 11 is 0. The number of hydrogen-bond acceptors (Lipinski definition) is 7. The first kappa shape index (κ1) is 22.0. The zero-order valence-corrected chi connectivity index (χ0v) is 19.1. The molecule has 0 saturated carbocycles. The van der Waals surface area contributed by atoms with E-state index >= 15 is 0 Å². The van der Waals surface area contributed by atoms with E-state index < -0.39 is 0 Å². The molecule has 2 aromatic rings. The lowest BCUT2D eigenvalue weighted by Gasteiger charge is -2.26. The van der Waals surface area contributed by atoms with Crippen molar-refractivity contribution >= 4 is 5.82 Å². The van der Waals surface area contributed by atoms with Gasteiger partial charge in [-0.1, -0.05) is 0 Å². The van der Waals surface area contributed by atoms with E-state index in [1.54, 1.807) is 0 Å². The van der Waals surface area contributed by atoms with Crippen LogP contribution in [-0.4, -0.2) is 85.4 Å². The zero-order valence-electron chi connectivity index (χ0n) is 19.1. The molecule has 1 aromatic heterocycles. The summed E-state index contributed by atoms with van der Waals surface area (Å²) in [6.45, 7) is 12.0. The summed E-state index contributed by atoms with van der Waals surface area (Å²) in [5, 5.41) is 3.53. The quantitative estimate of drug-likeness (QED) is 0.653. The predicted octanol–water partition coefficient (Wildman–Crippen LogP) is 2.98. The molecule has 7 heteroatoms. The maximum atomic E-state index is 6.11. The van der Waals surface area contributed by atoms with Crippen LogP contribution in [-0.2, 0) is 4.74 Å². The van der Waals surface area contributed by atoms with Gasteiger partial charge in [-0.3, -0.25) is 4.90 Å². The number of aryl methyl sites for hydroxylation is 1. The fraction of sp³-hybridized carbons (Fsp3) is 0.583. The number of morpholine rings is 1. The largest absolute Gasteiger partial charge is 0.489 e. The van der Waals surface area contributed by atoms with E-state index in [1.807, 2.05) is 19.1 Å². The van der Waals surface area contributed by atoms with Crippen LogP contribution >= 0.6 is 0 Å². The number of nitrogens with one attached hydrogen (secondary N) is 1. The predicted molar refractivity (Wildman–Crippen MR) is 124 cm³/mol. The molecule has 0 aliphatic carbocycles. The van der Waals surface area contributed by atoms with Crippen molar-refractivity contribution in [1.82, 2.24) is 19.8 Å². The third-order valence-electron chi connectivity index (χ3n) is 6.20. The Hall–Kier alpha value is -2.22. The average Bonchev–Trinajstić information content (AvgIpc) is 3.19. The molecule has 7 nitrogen and oxygen atoms in total. The Kier molecular flexibility index (Phi) is 7.37. The number of likely N-dealkylation sites (N-methyl/N-ethyl adjacent to an activating group) is 1. The molecule has 1 atom stereocenters. The molecule has 2 aliphatic rings. The Bertz CT molecular complexity index is 852. The average molecular weight is 426 g/mol. The number of benzene rings is 1. The number of anilines is 1. The fourth-order valence-corrected chi connectivity index (χ4v) is 4.13. The zero-order chi connectivity index (χ0) is 21.6. The molecular weight excluding hydrogens is 390 g/mol. The normalized spacial score (nSPS) is 20.2. The molecule has 1 aromatic carbocycles. The van der Waals surface area contributed by atoms with Gasteiger partial charge in [0.2, 0.25) is 0 Å². The van der Waals surface area contributed by atoms with E-state index in [4.69, 9.17) is 19.4 Å². The molecule has 168 valence electrons. The first-order valence-corrected chi connectivity index (χ1v) is 11.4. The lowest BCUT2D eigenvalue weighted by atomic mass is 10.1. The van der Waals surface area contributed by atoms with Crippen LogP contribution in [0.2, 0.25) is 0 Å². The van der Waals surface area contributed by atoms with Gasteiger partial charge >= 0.3 is 0 Å². The van der Waals surface area contributed by atoms with E-state index in [1.165, 1.54) is 0 Å². The fourth-order valence-electron chi connectivity index (χ4n) is 4.13. The summed E-state index contributed by atoms with van der Waals surface area (Å²) in [5.74, 6) is 2.60. The van der Waals surface area contributed by atoms with Crippen molar-refractivity contribution in [2.24, 2.45) is 0 Å². The second-order valence-electron chi connectivity index (χ2n) is 8.66. The molecule has 1 N–H and O–H groups in total. The van der Waals surface area contributed by atoms with Crippen LogP contribution in [0.25, 0.3) is 11.4 Å². The van der Waals surface area contributed by atoms with E-state index in [0.717, 1.165) is 99.5 Å².